The van der Waals surface area contributed by atoms with Crippen molar-refractivity contribution in [2.45, 2.75) is 31.2 Å². The fraction of sp³-hybridized carbons (Fsp3) is 0.294. The fourth-order valence-electron chi connectivity index (χ4n) is 3.09. The number of hydrogen-bond acceptors (Lipinski definition) is 4. The first-order valence-corrected chi connectivity index (χ1v) is 7.94. The molecule has 0 unspecified atom stereocenters. The number of hydrogen-bond donors (Lipinski definition) is 3. The molecule has 1 fully saturated rings. The van der Waals surface area contributed by atoms with Gasteiger partial charge in [0, 0.05) is 6.07 Å². The van der Waals surface area contributed by atoms with E-state index in [-0.39, 0.29) is 11.4 Å². The van der Waals surface area contributed by atoms with E-state index in [9.17, 15) is 19.5 Å². The maximum absolute atomic E-state index is 12.5. The topological polar surface area (TPSA) is 127 Å². The quantitative estimate of drug-likeness (QED) is 0.750. The predicted octanol–water partition coefficient (Wildman–Crippen LogP) is 1.10. The van der Waals surface area contributed by atoms with Gasteiger partial charge >= 0.3 is 5.97 Å². The third kappa shape index (κ3) is 3.10. The van der Waals surface area contributed by atoms with Gasteiger partial charge < -0.3 is 16.2 Å². The molecular weight excluding hydrogens is 324 g/mol. The van der Waals surface area contributed by atoms with E-state index in [1.165, 1.54) is 10.7 Å². The lowest BCUT2D eigenvalue weighted by Gasteiger charge is -2.24. The Balaban J connectivity index is 1.94. The standard InChI is InChI=1S/C17H18N4O4/c18-14(22)13-10-12(20-21(13)11-6-2-1-3-7-11)15(23)19-17(16(24)25)8-4-5-9-17/h1-3,6-7,10H,4-5,8-9H2,(H2,18,22)(H,19,23)(H,24,25). The highest BCUT2D eigenvalue weighted by Gasteiger charge is 2.43. The van der Waals surface area contributed by atoms with Gasteiger partial charge in [-0.15, -0.1) is 0 Å². The number of rotatable bonds is 5. The van der Waals surface area contributed by atoms with Gasteiger partial charge in [-0.05, 0) is 25.0 Å². The average molecular weight is 342 g/mol. The molecule has 25 heavy (non-hydrogen) atoms. The molecule has 1 aliphatic carbocycles. The highest BCUT2D eigenvalue weighted by Crippen LogP contribution is 2.30. The van der Waals surface area contributed by atoms with Crippen LogP contribution in [0.1, 0.15) is 46.7 Å². The first kappa shape index (κ1) is 16.7. The van der Waals surface area contributed by atoms with Gasteiger partial charge in [-0.2, -0.15) is 5.10 Å². The molecule has 4 N–H and O–H groups in total. The summed E-state index contributed by atoms with van der Waals surface area (Å²) in [5.74, 6) is -2.43. The second-order valence-electron chi connectivity index (χ2n) is 6.07. The number of nitrogens with zero attached hydrogens (tertiary/aromatic N) is 2. The lowest BCUT2D eigenvalue weighted by molar-refractivity contribution is -0.144. The first-order valence-electron chi connectivity index (χ1n) is 7.94. The van der Waals surface area contributed by atoms with Crippen molar-refractivity contribution in [2.75, 3.05) is 0 Å². The summed E-state index contributed by atoms with van der Waals surface area (Å²) in [5.41, 5.74) is 4.67. The van der Waals surface area contributed by atoms with Crippen molar-refractivity contribution < 1.29 is 19.5 Å². The zero-order chi connectivity index (χ0) is 18.0. The second kappa shape index (κ2) is 6.39. The largest absolute Gasteiger partial charge is 0.480 e. The van der Waals surface area contributed by atoms with Crippen LogP contribution in [0.15, 0.2) is 36.4 Å². The minimum atomic E-state index is -1.28. The van der Waals surface area contributed by atoms with E-state index in [0.29, 0.717) is 18.5 Å². The molecule has 3 rings (SSSR count). The van der Waals surface area contributed by atoms with Gasteiger partial charge in [0.15, 0.2) is 5.69 Å². The SMILES string of the molecule is NC(=O)c1cc(C(=O)NC2(C(=O)O)CCCC2)nn1-c1ccccc1. The number of carboxylic acids is 1. The van der Waals surface area contributed by atoms with Crippen LogP contribution in [0, 0.1) is 0 Å². The van der Waals surface area contributed by atoms with Crippen molar-refractivity contribution in [1.82, 2.24) is 15.1 Å². The Morgan fingerprint density at radius 2 is 1.80 bits per heavy atom. The van der Waals surface area contributed by atoms with Crippen molar-refractivity contribution in [1.29, 1.82) is 0 Å². The summed E-state index contributed by atoms with van der Waals surface area (Å²) in [6.45, 7) is 0. The van der Waals surface area contributed by atoms with Gasteiger partial charge in [0.1, 0.15) is 11.2 Å². The summed E-state index contributed by atoms with van der Waals surface area (Å²) in [4.78, 5) is 35.8. The Bertz CT molecular complexity index is 822. The zero-order valence-corrected chi connectivity index (χ0v) is 13.4. The molecule has 0 spiro atoms. The van der Waals surface area contributed by atoms with Gasteiger partial charge in [-0.25, -0.2) is 9.48 Å². The molecule has 2 aromatic rings. The normalized spacial score (nSPS) is 15.7. The molecule has 1 saturated carbocycles. The molecule has 2 amide bonds. The van der Waals surface area contributed by atoms with E-state index in [1.807, 2.05) is 0 Å². The second-order valence-corrected chi connectivity index (χ2v) is 6.07. The molecule has 0 bridgehead atoms. The van der Waals surface area contributed by atoms with Crippen molar-refractivity contribution in [3.05, 3.63) is 47.8 Å². The highest BCUT2D eigenvalue weighted by atomic mass is 16.4. The van der Waals surface area contributed by atoms with Crippen LogP contribution in [-0.4, -0.2) is 38.2 Å². The number of para-hydroxylation sites is 1. The molecule has 0 atom stereocenters. The average Bonchev–Trinajstić information content (AvgIpc) is 3.23. The Morgan fingerprint density at radius 1 is 1.16 bits per heavy atom. The molecule has 1 aromatic carbocycles. The number of aliphatic carboxylic acids is 1. The van der Waals surface area contributed by atoms with E-state index < -0.39 is 23.3 Å². The molecular formula is C17H18N4O4. The van der Waals surface area contributed by atoms with Gasteiger partial charge in [-0.1, -0.05) is 31.0 Å². The lowest BCUT2D eigenvalue weighted by Crippen LogP contribution is -2.52. The van der Waals surface area contributed by atoms with Gasteiger partial charge in [0.25, 0.3) is 11.8 Å². The molecule has 0 radical (unpaired) electrons. The number of carbonyl (C=O) groups is 3. The van der Waals surface area contributed by atoms with Gasteiger partial charge in [0.05, 0.1) is 5.69 Å². The first-order chi connectivity index (χ1) is 11.9. The summed E-state index contributed by atoms with van der Waals surface area (Å²) in [6.07, 6.45) is 2.21. The fourth-order valence-corrected chi connectivity index (χ4v) is 3.09. The van der Waals surface area contributed by atoms with E-state index in [1.54, 1.807) is 30.3 Å². The summed E-state index contributed by atoms with van der Waals surface area (Å²) in [6, 6.07) is 10.0. The van der Waals surface area contributed by atoms with Crippen LogP contribution in [0.5, 0.6) is 0 Å². The minimum Gasteiger partial charge on any atom is -0.480 e. The Morgan fingerprint density at radius 3 is 2.36 bits per heavy atom. The monoisotopic (exact) mass is 342 g/mol. The Kier molecular flexibility index (Phi) is 4.26. The number of benzene rings is 1. The van der Waals surface area contributed by atoms with Crippen LogP contribution in [-0.2, 0) is 4.79 Å². The van der Waals surface area contributed by atoms with Crippen molar-refractivity contribution in [2.24, 2.45) is 5.73 Å². The summed E-state index contributed by atoms with van der Waals surface area (Å²) in [5, 5.41) is 16.2. The molecule has 130 valence electrons. The molecule has 8 heteroatoms. The number of carboxylic acid groups (broad SMARTS) is 1. The van der Waals surface area contributed by atoms with E-state index in [4.69, 9.17) is 5.73 Å². The molecule has 1 heterocycles. The number of nitrogens with one attached hydrogen (secondary N) is 1. The molecule has 1 aromatic heterocycles. The van der Waals surface area contributed by atoms with Crippen molar-refractivity contribution in [3.8, 4) is 5.69 Å². The number of nitrogens with two attached hydrogens (primary N) is 1. The van der Waals surface area contributed by atoms with E-state index in [0.717, 1.165) is 12.8 Å². The maximum Gasteiger partial charge on any atom is 0.329 e. The Hall–Kier alpha value is -3.16. The number of primary amides is 1. The third-order valence-electron chi connectivity index (χ3n) is 4.41. The number of carbonyl (C=O) groups excluding carboxylic acids is 2. The number of aromatic nitrogens is 2. The number of amides is 2. The van der Waals surface area contributed by atoms with Crippen LogP contribution < -0.4 is 11.1 Å². The predicted molar refractivity (Wildman–Crippen MR) is 88.4 cm³/mol. The highest BCUT2D eigenvalue weighted by molar-refractivity contribution is 5.99. The van der Waals surface area contributed by atoms with Crippen LogP contribution >= 0.6 is 0 Å². The van der Waals surface area contributed by atoms with Crippen LogP contribution in [0.3, 0.4) is 0 Å². The molecule has 0 aliphatic heterocycles. The summed E-state index contributed by atoms with van der Waals surface area (Å²) >= 11 is 0. The maximum atomic E-state index is 12.5. The third-order valence-corrected chi connectivity index (χ3v) is 4.41. The van der Waals surface area contributed by atoms with Crippen molar-refractivity contribution in [3.63, 3.8) is 0 Å². The smallest absolute Gasteiger partial charge is 0.329 e. The summed E-state index contributed by atoms with van der Waals surface area (Å²) in [7, 11) is 0. The van der Waals surface area contributed by atoms with Crippen molar-refractivity contribution >= 4 is 17.8 Å². The molecule has 0 saturated heterocycles. The van der Waals surface area contributed by atoms with Crippen LogP contribution in [0.2, 0.25) is 0 Å². The Labute approximate surface area is 143 Å². The lowest BCUT2D eigenvalue weighted by atomic mass is 9.97. The van der Waals surface area contributed by atoms with Gasteiger partial charge in [0.2, 0.25) is 0 Å². The summed E-state index contributed by atoms with van der Waals surface area (Å²) < 4.78 is 1.28. The molecule has 8 nitrogen and oxygen atoms in total. The van der Waals surface area contributed by atoms with Gasteiger partial charge in [-0.3, -0.25) is 9.59 Å². The molecule has 1 aliphatic rings. The zero-order valence-electron chi connectivity index (χ0n) is 13.4. The van der Waals surface area contributed by atoms with E-state index >= 15 is 0 Å². The minimum absolute atomic E-state index is 0.0483. The van der Waals surface area contributed by atoms with Crippen LogP contribution in [0.4, 0.5) is 0 Å². The van der Waals surface area contributed by atoms with E-state index in [2.05, 4.69) is 10.4 Å². The van der Waals surface area contributed by atoms with Crippen LogP contribution in [0.25, 0.3) is 5.69 Å².